The number of halogens is 1. The Morgan fingerprint density at radius 2 is 2.40 bits per heavy atom. The molecular weight excluding hydrogens is 324 g/mol. The Morgan fingerprint density at radius 1 is 1.60 bits per heavy atom. The van der Waals surface area contributed by atoms with Gasteiger partial charge in [0.25, 0.3) is 0 Å². The number of carbonyl (C=O) groups is 1. The third-order valence-corrected chi connectivity index (χ3v) is 3.80. The Bertz CT molecular complexity index is 481. The first-order valence-corrected chi connectivity index (χ1v) is 7.48. The molecule has 0 radical (unpaired) electrons. The van der Waals surface area contributed by atoms with Crippen LogP contribution in [0.15, 0.2) is 22.7 Å². The molecule has 1 heterocycles. The zero-order chi connectivity index (χ0) is 14.5. The smallest absolute Gasteiger partial charge is 0.245 e. The van der Waals surface area contributed by atoms with Gasteiger partial charge in [0.2, 0.25) is 5.91 Å². The Balaban J connectivity index is 2.32. The molecule has 1 saturated heterocycles. The highest BCUT2D eigenvalue weighted by Crippen LogP contribution is 2.28. The molecule has 1 aliphatic heterocycles. The van der Waals surface area contributed by atoms with Gasteiger partial charge in [-0.1, -0.05) is 22.0 Å². The summed E-state index contributed by atoms with van der Waals surface area (Å²) in [5.74, 6) is -0.0453. The number of likely N-dealkylation sites (N-methyl/N-ethyl adjacent to an activating group) is 1. The summed E-state index contributed by atoms with van der Waals surface area (Å²) >= 11 is 3.44. The van der Waals surface area contributed by atoms with Gasteiger partial charge < -0.3 is 20.1 Å². The van der Waals surface area contributed by atoms with E-state index in [1.54, 1.807) is 0 Å². The molecule has 1 aromatic carbocycles. The van der Waals surface area contributed by atoms with Crippen LogP contribution in [0.1, 0.15) is 12.5 Å². The van der Waals surface area contributed by atoms with Crippen LogP contribution in [-0.2, 0) is 16.1 Å². The van der Waals surface area contributed by atoms with Crippen molar-refractivity contribution in [1.29, 1.82) is 0 Å². The van der Waals surface area contributed by atoms with Crippen molar-refractivity contribution in [3.8, 4) is 0 Å². The fraction of sp³-hybridized carbons (Fsp3) is 0.500. The number of anilines is 1. The van der Waals surface area contributed by atoms with E-state index in [-0.39, 0.29) is 18.6 Å². The minimum atomic E-state index is -0.358. The molecule has 0 saturated carbocycles. The molecule has 2 N–H and O–H groups in total. The lowest BCUT2D eigenvalue weighted by atomic mass is 10.1. The number of hydrogen-bond donors (Lipinski definition) is 2. The van der Waals surface area contributed by atoms with Crippen molar-refractivity contribution in [2.45, 2.75) is 19.6 Å². The number of nitrogens with one attached hydrogen (secondary N) is 1. The predicted molar refractivity (Wildman–Crippen MR) is 80.7 cm³/mol. The minimum Gasteiger partial charge on any atom is -0.392 e. The molecule has 1 amide bonds. The maximum atomic E-state index is 12.2. The molecule has 110 valence electrons. The van der Waals surface area contributed by atoms with E-state index in [2.05, 4.69) is 21.2 Å². The lowest BCUT2D eigenvalue weighted by Gasteiger charge is -2.37. The fourth-order valence-corrected chi connectivity index (χ4v) is 2.69. The number of amides is 1. The van der Waals surface area contributed by atoms with Gasteiger partial charge in [0.1, 0.15) is 6.04 Å². The van der Waals surface area contributed by atoms with E-state index in [0.717, 1.165) is 15.7 Å². The molecule has 6 heteroatoms. The zero-order valence-electron chi connectivity index (χ0n) is 11.4. The Labute approximate surface area is 127 Å². The maximum absolute atomic E-state index is 12.2. The van der Waals surface area contributed by atoms with Crippen LogP contribution in [0.25, 0.3) is 0 Å². The molecule has 20 heavy (non-hydrogen) atoms. The van der Waals surface area contributed by atoms with Crippen LogP contribution in [-0.4, -0.2) is 43.4 Å². The number of carbonyl (C=O) groups excluding carboxylic acids is 1. The molecule has 1 atom stereocenters. The zero-order valence-corrected chi connectivity index (χ0v) is 13.0. The molecule has 0 spiro atoms. The summed E-state index contributed by atoms with van der Waals surface area (Å²) < 4.78 is 6.35. The number of ether oxygens (including phenoxy) is 1. The SMILES string of the molecule is CCNC(=O)C1COCCN1c1cc(Br)ccc1CO. The van der Waals surface area contributed by atoms with E-state index in [4.69, 9.17) is 4.74 Å². The Kier molecular flexibility index (Phi) is 5.39. The lowest BCUT2D eigenvalue weighted by Crippen LogP contribution is -2.54. The Hall–Kier alpha value is -1.11. The lowest BCUT2D eigenvalue weighted by molar-refractivity contribution is -0.124. The van der Waals surface area contributed by atoms with Gasteiger partial charge in [-0.2, -0.15) is 0 Å². The van der Waals surface area contributed by atoms with Crippen molar-refractivity contribution in [3.63, 3.8) is 0 Å². The molecule has 0 aliphatic carbocycles. The second-order valence-electron chi connectivity index (χ2n) is 4.61. The van der Waals surface area contributed by atoms with Crippen molar-refractivity contribution in [2.24, 2.45) is 0 Å². The van der Waals surface area contributed by atoms with E-state index >= 15 is 0 Å². The van der Waals surface area contributed by atoms with Gasteiger partial charge in [-0.15, -0.1) is 0 Å². The van der Waals surface area contributed by atoms with Gasteiger partial charge in [-0.3, -0.25) is 4.79 Å². The second kappa shape index (κ2) is 7.06. The van der Waals surface area contributed by atoms with Crippen LogP contribution in [0.5, 0.6) is 0 Å². The van der Waals surface area contributed by atoms with Gasteiger partial charge >= 0.3 is 0 Å². The van der Waals surface area contributed by atoms with Crippen molar-refractivity contribution in [1.82, 2.24) is 5.32 Å². The van der Waals surface area contributed by atoms with Crippen molar-refractivity contribution >= 4 is 27.5 Å². The normalized spacial score (nSPS) is 18.9. The summed E-state index contributed by atoms with van der Waals surface area (Å²) in [6.45, 7) is 4.00. The number of aliphatic hydroxyl groups is 1. The average molecular weight is 343 g/mol. The van der Waals surface area contributed by atoms with Crippen molar-refractivity contribution in [2.75, 3.05) is 31.2 Å². The van der Waals surface area contributed by atoms with E-state index < -0.39 is 0 Å². The summed E-state index contributed by atoms with van der Waals surface area (Å²) in [6.07, 6.45) is 0. The van der Waals surface area contributed by atoms with Gasteiger partial charge in [-0.05, 0) is 19.1 Å². The molecule has 1 fully saturated rings. The average Bonchev–Trinajstić information content (AvgIpc) is 2.47. The highest BCUT2D eigenvalue weighted by Gasteiger charge is 2.30. The molecule has 2 rings (SSSR count). The summed E-state index contributed by atoms with van der Waals surface area (Å²) in [5, 5.41) is 12.3. The summed E-state index contributed by atoms with van der Waals surface area (Å²) in [4.78, 5) is 14.2. The monoisotopic (exact) mass is 342 g/mol. The third kappa shape index (κ3) is 3.31. The topological polar surface area (TPSA) is 61.8 Å². The van der Waals surface area contributed by atoms with Crippen LogP contribution >= 0.6 is 15.9 Å². The third-order valence-electron chi connectivity index (χ3n) is 3.31. The van der Waals surface area contributed by atoms with Crippen LogP contribution in [0.3, 0.4) is 0 Å². The predicted octanol–water partition coefficient (Wildman–Crippen LogP) is 1.28. The number of morpholine rings is 1. The van der Waals surface area contributed by atoms with Gasteiger partial charge in [-0.25, -0.2) is 0 Å². The first-order valence-electron chi connectivity index (χ1n) is 6.68. The van der Waals surface area contributed by atoms with Crippen LogP contribution < -0.4 is 10.2 Å². The fourth-order valence-electron chi connectivity index (χ4n) is 2.34. The maximum Gasteiger partial charge on any atom is 0.245 e. The largest absolute Gasteiger partial charge is 0.392 e. The van der Waals surface area contributed by atoms with Crippen LogP contribution in [0.4, 0.5) is 5.69 Å². The van der Waals surface area contributed by atoms with E-state index in [0.29, 0.717) is 26.3 Å². The molecule has 1 aromatic rings. The van der Waals surface area contributed by atoms with Crippen LogP contribution in [0, 0.1) is 0 Å². The molecular formula is C14H19BrN2O3. The Morgan fingerprint density at radius 3 is 3.10 bits per heavy atom. The summed E-state index contributed by atoms with van der Waals surface area (Å²) in [7, 11) is 0. The summed E-state index contributed by atoms with van der Waals surface area (Å²) in [5.41, 5.74) is 1.69. The molecule has 5 nitrogen and oxygen atoms in total. The van der Waals surface area contributed by atoms with E-state index in [9.17, 15) is 9.90 Å². The van der Waals surface area contributed by atoms with Gasteiger partial charge in [0, 0.05) is 28.8 Å². The molecule has 0 aromatic heterocycles. The van der Waals surface area contributed by atoms with E-state index in [1.165, 1.54) is 0 Å². The second-order valence-corrected chi connectivity index (χ2v) is 5.53. The quantitative estimate of drug-likeness (QED) is 0.865. The first-order chi connectivity index (χ1) is 9.67. The number of nitrogens with zero attached hydrogens (tertiary/aromatic N) is 1. The van der Waals surface area contributed by atoms with Crippen LogP contribution in [0.2, 0.25) is 0 Å². The van der Waals surface area contributed by atoms with Crippen molar-refractivity contribution < 1.29 is 14.6 Å². The van der Waals surface area contributed by atoms with E-state index in [1.807, 2.05) is 30.0 Å². The summed E-state index contributed by atoms with van der Waals surface area (Å²) in [6, 6.07) is 5.33. The molecule has 1 unspecified atom stereocenters. The number of hydrogen-bond acceptors (Lipinski definition) is 4. The molecule has 1 aliphatic rings. The minimum absolute atomic E-state index is 0.0453. The van der Waals surface area contributed by atoms with Gasteiger partial charge in [0.15, 0.2) is 0 Å². The highest BCUT2D eigenvalue weighted by molar-refractivity contribution is 9.10. The molecule has 0 bridgehead atoms. The van der Waals surface area contributed by atoms with Gasteiger partial charge in [0.05, 0.1) is 19.8 Å². The number of aliphatic hydroxyl groups excluding tert-OH is 1. The highest BCUT2D eigenvalue weighted by atomic mass is 79.9. The standard InChI is InChI=1S/C14H19BrN2O3/c1-2-16-14(19)13-9-20-6-5-17(13)12-7-11(15)4-3-10(12)8-18/h3-4,7,13,18H,2,5-6,8-9H2,1H3,(H,16,19). The number of benzene rings is 1. The first kappa shape index (κ1) is 15.3. The number of rotatable bonds is 4. The van der Waals surface area contributed by atoms with Crippen molar-refractivity contribution in [3.05, 3.63) is 28.2 Å².